The highest BCUT2D eigenvalue weighted by Gasteiger charge is 2.15. The van der Waals surface area contributed by atoms with Gasteiger partial charge in [0.15, 0.2) is 0 Å². The molecule has 0 aliphatic heterocycles. The van der Waals surface area contributed by atoms with Gasteiger partial charge in [0, 0.05) is 38.4 Å². The van der Waals surface area contributed by atoms with Gasteiger partial charge in [-0.05, 0) is 69.9 Å². The van der Waals surface area contributed by atoms with Crippen molar-refractivity contribution >= 4 is 34.4 Å². The van der Waals surface area contributed by atoms with Crippen LogP contribution in [-0.4, -0.2) is 43.5 Å². The Labute approximate surface area is 211 Å². The van der Waals surface area contributed by atoms with Crippen molar-refractivity contribution < 1.29 is 13.9 Å². The average Bonchev–Trinajstić information content (AvgIpc) is 3.32. The highest BCUT2D eigenvalue weighted by molar-refractivity contribution is 7.80. The van der Waals surface area contributed by atoms with E-state index in [0.717, 1.165) is 18.0 Å². The van der Waals surface area contributed by atoms with E-state index in [-0.39, 0.29) is 12.1 Å². The normalized spacial score (nSPS) is 11.5. The topological polar surface area (TPSA) is 24.9 Å². The van der Waals surface area contributed by atoms with Crippen LogP contribution in [0.15, 0.2) is 65.4 Å². The van der Waals surface area contributed by atoms with Gasteiger partial charge in [-0.2, -0.15) is 11.3 Å². The Hall–Kier alpha value is -2.48. The standard InChI is InChI=1S/C27H33FN2O2S2/c1-27(2,3)22-8-10-24(11-9-22)32-26(33)29(4)23-6-5-7-25(18-23)31-16-15-30(14-13-28)19-21-12-17-34-20-21/h5-12,17-18,20H,13-16,19H2,1-4H3. The fourth-order valence-corrected chi connectivity index (χ4v) is 4.26. The summed E-state index contributed by atoms with van der Waals surface area (Å²) in [6.45, 7) is 8.40. The van der Waals surface area contributed by atoms with Gasteiger partial charge in [-0.25, -0.2) is 4.39 Å². The van der Waals surface area contributed by atoms with Gasteiger partial charge in [0.2, 0.25) is 0 Å². The van der Waals surface area contributed by atoms with Crippen molar-refractivity contribution in [2.24, 2.45) is 0 Å². The summed E-state index contributed by atoms with van der Waals surface area (Å²) in [6.07, 6.45) is 0. The van der Waals surface area contributed by atoms with E-state index in [1.54, 1.807) is 11.3 Å². The Morgan fingerprint density at radius 3 is 2.44 bits per heavy atom. The monoisotopic (exact) mass is 500 g/mol. The molecule has 7 heteroatoms. The highest BCUT2D eigenvalue weighted by atomic mass is 32.1. The van der Waals surface area contributed by atoms with Crippen LogP contribution in [0.5, 0.6) is 11.5 Å². The summed E-state index contributed by atoms with van der Waals surface area (Å²) in [6, 6.07) is 17.8. The van der Waals surface area contributed by atoms with E-state index in [9.17, 15) is 4.39 Å². The molecule has 0 aliphatic rings. The molecule has 3 rings (SSSR count). The second kappa shape index (κ2) is 12.3. The second-order valence-electron chi connectivity index (χ2n) is 9.14. The van der Waals surface area contributed by atoms with Crippen molar-refractivity contribution in [2.45, 2.75) is 32.7 Å². The first-order chi connectivity index (χ1) is 16.3. The first-order valence-corrected chi connectivity index (χ1v) is 12.7. The number of benzene rings is 2. The predicted octanol–water partition coefficient (Wildman–Crippen LogP) is 6.70. The van der Waals surface area contributed by atoms with Crippen LogP contribution in [-0.2, 0) is 12.0 Å². The summed E-state index contributed by atoms with van der Waals surface area (Å²) in [5.74, 6) is 1.44. The summed E-state index contributed by atoms with van der Waals surface area (Å²) in [7, 11) is 1.87. The van der Waals surface area contributed by atoms with Gasteiger partial charge in [-0.3, -0.25) is 4.90 Å². The van der Waals surface area contributed by atoms with Gasteiger partial charge in [0.1, 0.15) is 24.8 Å². The van der Waals surface area contributed by atoms with Crippen LogP contribution in [0.1, 0.15) is 31.9 Å². The molecule has 1 heterocycles. The molecule has 0 radical (unpaired) electrons. The van der Waals surface area contributed by atoms with Gasteiger partial charge < -0.3 is 14.4 Å². The van der Waals surface area contributed by atoms with E-state index in [4.69, 9.17) is 21.7 Å². The van der Waals surface area contributed by atoms with Crippen molar-refractivity contribution in [3.63, 3.8) is 0 Å². The van der Waals surface area contributed by atoms with Crippen LogP contribution in [0, 0.1) is 0 Å². The molecular weight excluding hydrogens is 467 g/mol. The Kier molecular flexibility index (Phi) is 9.45. The third kappa shape index (κ3) is 7.79. The predicted molar refractivity (Wildman–Crippen MR) is 144 cm³/mol. The van der Waals surface area contributed by atoms with Gasteiger partial charge in [-0.1, -0.05) is 39.0 Å². The van der Waals surface area contributed by atoms with E-state index >= 15 is 0 Å². The Bertz CT molecular complexity index is 1030. The number of halogens is 1. The number of thiocarbonyl (C=S) groups is 1. The third-order valence-corrected chi connectivity index (χ3v) is 6.56. The molecule has 0 saturated carbocycles. The molecule has 0 saturated heterocycles. The molecule has 2 aromatic carbocycles. The molecule has 0 spiro atoms. The molecule has 0 unspecified atom stereocenters. The van der Waals surface area contributed by atoms with Crippen LogP contribution in [0.4, 0.5) is 10.1 Å². The van der Waals surface area contributed by atoms with Crippen LogP contribution in [0.3, 0.4) is 0 Å². The van der Waals surface area contributed by atoms with E-state index in [1.165, 1.54) is 11.1 Å². The quantitative estimate of drug-likeness (QED) is 0.289. The Morgan fingerprint density at radius 2 is 1.79 bits per heavy atom. The summed E-state index contributed by atoms with van der Waals surface area (Å²) < 4.78 is 24.8. The highest BCUT2D eigenvalue weighted by Crippen LogP contribution is 2.25. The van der Waals surface area contributed by atoms with E-state index in [1.807, 2.05) is 53.7 Å². The number of alkyl halides is 1. The largest absolute Gasteiger partial charge is 0.492 e. The zero-order valence-corrected chi connectivity index (χ0v) is 21.9. The molecule has 0 amide bonds. The smallest absolute Gasteiger partial charge is 0.269 e. The van der Waals surface area contributed by atoms with Crippen molar-refractivity contribution in [3.8, 4) is 11.5 Å². The van der Waals surface area contributed by atoms with Gasteiger partial charge in [0.25, 0.3) is 5.17 Å². The minimum absolute atomic E-state index is 0.0864. The summed E-state index contributed by atoms with van der Waals surface area (Å²) in [4.78, 5) is 3.87. The molecule has 4 nitrogen and oxygen atoms in total. The van der Waals surface area contributed by atoms with Crippen LogP contribution in [0.2, 0.25) is 0 Å². The number of rotatable bonds is 10. The fourth-order valence-electron chi connectivity index (χ4n) is 3.40. The lowest BCUT2D eigenvalue weighted by molar-refractivity contribution is 0.191. The summed E-state index contributed by atoms with van der Waals surface area (Å²) in [5, 5.41) is 4.48. The number of thiophene rings is 1. The summed E-state index contributed by atoms with van der Waals surface area (Å²) >= 11 is 7.17. The lowest BCUT2D eigenvalue weighted by Crippen LogP contribution is -2.30. The van der Waals surface area contributed by atoms with Crippen LogP contribution >= 0.6 is 23.6 Å². The molecule has 1 aromatic heterocycles. The minimum Gasteiger partial charge on any atom is -0.492 e. The molecule has 0 bridgehead atoms. The number of anilines is 1. The Balaban J connectivity index is 1.54. The first-order valence-electron chi connectivity index (χ1n) is 11.3. The lowest BCUT2D eigenvalue weighted by Gasteiger charge is -2.22. The zero-order chi connectivity index (χ0) is 24.6. The van der Waals surface area contributed by atoms with Crippen molar-refractivity contribution in [2.75, 3.05) is 38.3 Å². The van der Waals surface area contributed by atoms with Gasteiger partial charge in [0.05, 0.1) is 0 Å². The molecule has 0 N–H and O–H groups in total. The Morgan fingerprint density at radius 1 is 1.03 bits per heavy atom. The molecule has 0 aliphatic carbocycles. The maximum Gasteiger partial charge on any atom is 0.269 e. The van der Waals surface area contributed by atoms with E-state index in [2.05, 4.69) is 49.3 Å². The van der Waals surface area contributed by atoms with E-state index in [0.29, 0.717) is 30.6 Å². The van der Waals surface area contributed by atoms with Crippen LogP contribution in [0.25, 0.3) is 0 Å². The third-order valence-electron chi connectivity index (χ3n) is 5.47. The number of ether oxygens (including phenoxy) is 2. The number of hydrogen-bond acceptors (Lipinski definition) is 5. The maximum atomic E-state index is 13.0. The maximum absolute atomic E-state index is 13.0. The number of hydrogen-bond donors (Lipinski definition) is 0. The lowest BCUT2D eigenvalue weighted by atomic mass is 9.87. The molecule has 3 aromatic rings. The summed E-state index contributed by atoms with van der Waals surface area (Å²) in [5.41, 5.74) is 3.39. The fraction of sp³-hybridized carbons (Fsp3) is 0.370. The minimum atomic E-state index is -0.374. The van der Waals surface area contributed by atoms with Gasteiger partial charge in [-0.15, -0.1) is 0 Å². The first kappa shape index (κ1) is 26.1. The van der Waals surface area contributed by atoms with Crippen molar-refractivity contribution in [1.29, 1.82) is 0 Å². The molecular formula is C27H33FN2O2S2. The number of nitrogens with zero attached hydrogens (tertiary/aromatic N) is 2. The van der Waals surface area contributed by atoms with Crippen molar-refractivity contribution in [1.82, 2.24) is 4.90 Å². The molecule has 0 atom stereocenters. The molecule has 0 fully saturated rings. The zero-order valence-electron chi connectivity index (χ0n) is 20.3. The van der Waals surface area contributed by atoms with E-state index < -0.39 is 0 Å². The van der Waals surface area contributed by atoms with Gasteiger partial charge >= 0.3 is 0 Å². The van der Waals surface area contributed by atoms with Crippen LogP contribution < -0.4 is 14.4 Å². The van der Waals surface area contributed by atoms with Crippen molar-refractivity contribution in [3.05, 3.63) is 76.5 Å². The molecule has 34 heavy (non-hydrogen) atoms. The average molecular weight is 501 g/mol. The molecule has 182 valence electrons. The SMILES string of the molecule is CN(C(=S)Oc1ccc(C(C)(C)C)cc1)c1cccc(OCCN(CCF)Cc2ccsc2)c1. The second-order valence-corrected chi connectivity index (χ2v) is 10.3.